The number of hydrogen-bond donors (Lipinski definition) is 1. The van der Waals surface area contributed by atoms with Gasteiger partial charge in [-0.3, -0.25) is 46.4 Å². The van der Waals surface area contributed by atoms with E-state index in [4.69, 9.17) is 14.2 Å². The van der Waals surface area contributed by atoms with Crippen LogP contribution in [0, 0.1) is 17.8 Å². The lowest BCUT2D eigenvalue weighted by Crippen LogP contribution is -2.40. The number of rotatable bonds is 10. The average molecular weight is 967 g/mol. The topological polar surface area (TPSA) is 291 Å². The molecule has 3 aliphatic rings. The predicted octanol–water partition coefficient (Wildman–Crippen LogP) is 0.410. The highest BCUT2D eigenvalue weighted by atomic mass is 32.2. The molecule has 0 spiro atoms. The van der Waals surface area contributed by atoms with E-state index in [1.807, 2.05) is 0 Å². The van der Waals surface area contributed by atoms with Gasteiger partial charge < -0.3 is 14.2 Å². The van der Waals surface area contributed by atoms with Crippen LogP contribution in [0.1, 0.15) is 57.8 Å². The molecule has 68 heavy (non-hydrogen) atoms. The van der Waals surface area contributed by atoms with Crippen molar-refractivity contribution in [3.63, 3.8) is 0 Å². The Kier molecular flexibility index (Phi) is 18.3. The van der Waals surface area contributed by atoms with Gasteiger partial charge in [0.05, 0.1) is 12.9 Å². The van der Waals surface area contributed by atoms with E-state index in [0.29, 0.717) is 70.6 Å². The average Bonchev–Trinajstić information content (AvgIpc) is 3.35. The fourth-order valence-electron chi connectivity index (χ4n) is 8.07. The predicted molar refractivity (Wildman–Crippen MR) is 249 cm³/mol. The maximum absolute atomic E-state index is 12.4. The summed E-state index contributed by atoms with van der Waals surface area (Å²) in [6, 6.07) is 0. The summed E-state index contributed by atoms with van der Waals surface area (Å²) >= 11 is 0. The molecule has 1 N–H and O–H groups in total. The highest BCUT2D eigenvalue weighted by molar-refractivity contribution is 7.85. The summed E-state index contributed by atoms with van der Waals surface area (Å²) in [5, 5.41) is 1.07. The van der Waals surface area contributed by atoms with Gasteiger partial charge in [-0.1, -0.05) is 0 Å². The Morgan fingerprint density at radius 2 is 0.941 bits per heavy atom. The third-order valence-electron chi connectivity index (χ3n) is 12.2. The monoisotopic (exact) mass is 966 g/mol. The summed E-state index contributed by atoms with van der Waals surface area (Å²) in [5.41, 5.74) is -1.10. The maximum atomic E-state index is 12.4. The van der Waals surface area contributed by atoms with Crippen LogP contribution in [0.15, 0.2) is 66.3 Å². The van der Waals surface area contributed by atoms with E-state index in [2.05, 4.69) is 39.1 Å². The number of ether oxygens (including phenoxy) is 3. The fourth-order valence-corrected chi connectivity index (χ4v) is 8.47. The molecule has 3 saturated heterocycles. The Hall–Kier alpha value is -6.15. The molecule has 0 bridgehead atoms. The van der Waals surface area contributed by atoms with Gasteiger partial charge in [0.15, 0.2) is 16.9 Å². The Balaban J connectivity index is 0.000000153. The minimum absolute atomic E-state index is 0.305. The molecule has 0 radical (unpaired) electrons. The number of hydrogen-bond acceptors (Lipinski definition) is 18. The van der Waals surface area contributed by atoms with Crippen LogP contribution in [0.2, 0.25) is 0 Å². The molecule has 6 aromatic rings. The standard InChI is InChI=1S/2C14H18N4O3.C8H16O4S.C7H6N4O2/c2*1-17-12-11(8-15-9-16-12)13(19)18(14(17)20)5-2-10-3-6-21-7-4-10;1-13(9,10)12-7-4-8-2-5-11-6-3-8;1-11-5-4(2-8-3-9-5)6(12)10-7(11)13/h2*8-10H,2-7H2,1H3;8H,2-7H2,1H3;2-3H,1H3,(H,10,12,13). The molecule has 9 heterocycles. The number of aromatic amines is 1. The number of H-pyrrole nitrogens is 1. The van der Waals surface area contributed by atoms with Gasteiger partial charge in [0.1, 0.15) is 35.1 Å². The van der Waals surface area contributed by atoms with E-state index >= 15 is 0 Å². The van der Waals surface area contributed by atoms with Crippen molar-refractivity contribution in [2.45, 2.75) is 70.9 Å². The zero-order valence-electron chi connectivity index (χ0n) is 38.7. The van der Waals surface area contributed by atoms with Crippen molar-refractivity contribution in [3.8, 4) is 0 Å². The number of fused-ring (bicyclic) bond motifs is 3. The SMILES string of the molecule is CS(=O)(=O)OCCC1CCOCC1.Cn1c(=O)[nH]c(=O)c2cncnc21.Cn1c(=O)n(CCC2CCOCC2)c(=O)c2cncnc21.Cn1c(=O)n(CCC2CCOCC2)c(=O)c2cncnc21. The minimum atomic E-state index is -3.26. The van der Waals surface area contributed by atoms with Gasteiger partial charge in [-0.15, -0.1) is 0 Å². The van der Waals surface area contributed by atoms with Gasteiger partial charge in [0.2, 0.25) is 0 Å². The minimum Gasteiger partial charge on any atom is -0.381 e. The number of aryl methyl sites for hydroxylation is 3. The van der Waals surface area contributed by atoms with Crippen LogP contribution < -0.4 is 33.7 Å². The molecule has 0 saturated carbocycles. The first-order valence-electron chi connectivity index (χ1n) is 22.4. The first-order valence-corrected chi connectivity index (χ1v) is 24.2. The van der Waals surface area contributed by atoms with Gasteiger partial charge >= 0.3 is 17.1 Å². The van der Waals surface area contributed by atoms with Crippen LogP contribution >= 0.6 is 0 Å². The second-order valence-electron chi connectivity index (χ2n) is 16.8. The first-order chi connectivity index (χ1) is 32.6. The second-order valence-corrected chi connectivity index (χ2v) is 18.4. The zero-order valence-corrected chi connectivity index (χ0v) is 39.5. The Bertz CT molecular complexity index is 3000. The second kappa shape index (κ2) is 24.2. The smallest absolute Gasteiger partial charge is 0.332 e. The summed E-state index contributed by atoms with van der Waals surface area (Å²) < 4.78 is 48.4. The van der Waals surface area contributed by atoms with E-state index in [1.165, 1.54) is 67.5 Å². The molecule has 24 nitrogen and oxygen atoms in total. The molecule has 368 valence electrons. The molecule has 0 aliphatic carbocycles. The van der Waals surface area contributed by atoms with Crippen LogP contribution in [0.4, 0.5) is 0 Å². The van der Waals surface area contributed by atoms with Gasteiger partial charge in [0.25, 0.3) is 26.8 Å². The molecule has 0 aromatic carbocycles. The Morgan fingerprint density at radius 1 is 0.574 bits per heavy atom. The summed E-state index contributed by atoms with van der Waals surface area (Å²) in [5.74, 6) is 1.59. The van der Waals surface area contributed by atoms with E-state index in [0.717, 1.165) is 104 Å². The lowest BCUT2D eigenvalue weighted by Gasteiger charge is -2.22. The Morgan fingerprint density at radius 3 is 1.34 bits per heavy atom. The van der Waals surface area contributed by atoms with Gasteiger partial charge in [0, 0.05) is 92.5 Å². The summed E-state index contributed by atoms with van der Waals surface area (Å²) in [6.07, 6.45) is 17.8. The van der Waals surface area contributed by atoms with E-state index < -0.39 is 21.4 Å². The summed E-state index contributed by atoms with van der Waals surface area (Å²) in [4.78, 5) is 97.3. The molecule has 6 aromatic heterocycles. The van der Waals surface area contributed by atoms with Crippen LogP contribution in [-0.4, -0.2) is 119 Å². The van der Waals surface area contributed by atoms with Gasteiger partial charge in [-0.2, -0.15) is 8.42 Å². The van der Waals surface area contributed by atoms with Crippen molar-refractivity contribution < 1.29 is 26.8 Å². The van der Waals surface area contributed by atoms with Crippen molar-refractivity contribution in [2.75, 3.05) is 52.5 Å². The lowest BCUT2D eigenvalue weighted by atomic mass is 9.97. The van der Waals surface area contributed by atoms with Crippen molar-refractivity contribution in [3.05, 3.63) is 100 Å². The first kappa shape index (κ1) is 51.2. The fraction of sp³-hybridized carbons (Fsp3) is 0.581. The van der Waals surface area contributed by atoms with Crippen molar-refractivity contribution in [2.24, 2.45) is 38.9 Å². The van der Waals surface area contributed by atoms with Crippen LogP contribution in [0.3, 0.4) is 0 Å². The molecule has 25 heteroatoms. The van der Waals surface area contributed by atoms with Crippen LogP contribution in [0.5, 0.6) is 0 Å². The molecule has 9 rings (SSSR count). The summed E-state index contributed by atoms with van der Waals surface area (Å²) in [6.45, 7) is 5.83. The van der Waals surface area contributed by atoms with E-state index in [1.54, 1.807) is 14.1 Å². The summed E-state index contributed by atoms with van der Waals surface area (Å²) in [7, 11) is 1.53. The van der Waals surface area contributed by atoms with Crippen LogP contribution in [-0.2, 0) is 62.7 Å². The van der Waals surface area contributed by atoms with Gasteiger partial charge in [-0.25, -0.2) is 44.3 Å². The normalized spacial score (nSPS) is 16.1. The quantitative estimate of drug-likeness (QED) is 0.182. The number of nitrogens with one attached hydrogen (secondary N) is 1. The molecule has 0 atom stereocenters. The van der Waals surface area contributed by atoms with Crippen LogP contribution in [0.25, 0.3) is 33.1 Å². The van der Waals surface area contributed by atoms with Crippen molar-refractivity contribution in [1.29, 1.82) is 0 Å². The zero-order chi connectivity index (χ0) is 48.8. The van der Waals surface area contributed by atoms with Crippen molar-refractivity contribution >= 4 is 43.2 Å². The van der Waals surface area contributed by atoms with E-state index in [-0.39, 0.29) is 22.5 Å². The van der Waals surface area contributed by atoms with Crippen molar-refractivity contribution in [1.82, 2.24) is 57.7 Å². The molecule has 3 aliphatic heterocycles. The van der Waals surface area contributed by atoms with E-state index in [9.17, 15) is 37.2 Å². The lowest BCUT2D eigenvalue weighted by molar-refractivity contribution is 0.0597. The maximum Gasteiger partial charge on any atom is 0.332 e. The Labute approximate surface area is 389 Å². The molecule has 0 unspecified atom stereocenters. The van der Waals surface area contributed by atoms with Gasteiger partial charge in [-0.05, 0) is 75.5 Å². The number of aromatic nitrogens is 12. The third kappa shape index (κ3) is 13.5. The largest absolute Gasteiger partial charge is 0.381 e. The highest BCUT2D eigenvalue weighted by Crippen LogP contribution is 2.20. The molecule has 3 fully saturated rings. The third-order valence-corrected chi connectivity index (χ3v) is 12.7. The molecular weight excluding hydrogens is 909 g/mol. The highest BCUT2D eigenvalue weighted by Gasteiger charge is 2.19. The molecule has 0 amide bonds. The molecular formula is C43H58N12O12S. The number of nitrogens with zero attached hydrogens (tertiary/aromatic N) is 11.